The van der Waals surface area contributed by atoms with E-state index in [9.17, 15) is 0 Å². The molecular formula is C10H25GeN. The van der Waals surface area contributed by atoms with E-state index in [1.165, 1.54) is 25.9 Å². The molecule has 0 spiro atoms. The summed E-state index contributed by atoms with van der Waals surface area (Å²) in [5.74, 6) is 0. The van der Waals surface area contributed by atoms with E-state index in [2.05, 4.69) is 31.6 Å². The molecule has 0 heterocycles. The second kappa shape index (κ2) is 8.12. The molecule has 0 atom stereocenters. The summed E-state index contributed by atoms with van der Waals surface area (Å²) in [5, 5.41) is 3.12. The summed E-state index contributed by atoms with van der Waals surface area (Å²) in [6, 6.07) is 0. The molecule has 0 aliphatic rings. The van der Waals surface area contributed by atoms with Crippen molar-refractivity contribution in [1.82, 2.24) is 3.86 Å². The van der Waals surface area contributed by atoms with Gasteiger partial charge in [-0.25, -0.2) is 0 Å². The summed E-state index contributed by atoms with van der Waals surface area (Å²) in [5.41, 5.74) is 0. The molecule has 0 aliphatic heterocycles. The average Bonchev–Trinajstić information content (AvgIpc) is 2.07. The van der Waals surface area contributed by atoms with Gasteiger partial charge in [-0.1, -0.05) is 0 Å². The van der Waals surface area contributed by atoms with E-state index in [-0.39, 0.29) is 0 Å². The number of hydrogen-bond donors (Lipinski definition) is 0. The Morgan fingerprint density at radius 1 is 0.833 bits per heavy atom. The Labute approximate surface area is 82.9 Å². The SMILES string of the molecule is CC[CH2][GeH]([CH2]CC)[N](CC)CC. The Morgan fingerprint density at radius 2 is 1.25 bits per heavy atom. The molecule has 0 unspecified atom stereocenters. The van der Waals surface area contributed by atoms with Gasteiger partial charge in [0.2, 0.25) is 0 Å². The van der Waals surface area contributed by atoms with Crippen molar-refractivity contribution in [1.29, 1.82) is 0 Å². The van der Waals surface area contributed by atoms with Crippen LogP contribution in [0.3, 0.4) is 0 Å². The Morgan fingerprint density at radius 3 is 1.50 bits per heavy atom. The standard InChI is InChI=1S/C10H25GeN/c1-5-9-11(10-6-2)12(7-3)8-4/h11H,5-10H2,1-4H3. The molecule has 0 saturated heterocycles. The molecule has 0 N–H and O–H groups in total. The molecule has 0 bridgehead atoms. The van der Waals surface area contributed by atoms with Crippen LogP contribution in [0.2, 0.25) is 10.5 Å². The molecule has 0 saturated carbocycles. The van der Waals surface area contributed by atoms with Crippen molar-refractivity contribution in [2.75, 3.05) is 13.1 Å². The van der Waals surface area contributed by atoms with Crippen molar-refractivity contribution < 1.29 is 0 Å². The summed E-state index contributed by atoms with van der Waals surface area (Å²) >= 11 is -0.991. The third-order valence-electron chi connectivity index (χ3n) is 2.57. The summed E-state index contributed by atoms with van der Waals surface area (Å²) in [6.45, 7) is 11.9. The quantitative estimate of drug-likeness (QED) is 0.610. The van der Waals surface area contributed by atoms with Gasteiger partial charge in [-0.15, -0.1) is 0 Å². The first-order chi connectivity index (χ1) is 5.79. The average molecular weight is 232 g/mol. The number of rotatable bonds is 7. The third kappa shape index (κ3) is 4.51. The summed E-state index contributed by atoms with van der Waals surface area (Å²) in [6.07, 6.45) is 2.81. The number of hydrogen-bond acceptors (Lipinski definition) is 1. The van der Waals surface area contributed by atoms with Gasteiger partial charge >= 0.3 is 82.6 Å². The molecule has 0 aromatic carbocycles. The fraction of sp³-hybridized carbons (Fsp3) is 1.00. The predicted octanol–water partition coefficient (Wildman–Crippen LogP) is 2.87. The van der Waals surface area contributed by atoms with Crippen molar-refractivity contribution in [2.24, 2.45) is 0 Å². The zero-order valence-corrected chi connectivity index (χ0v) is 11.7. The maximum atomic E-state index is 2.78. The van der Waals surface area contributed by atoms with E-state index in [4.69, 9.17) is 0 Å². The van der Waals surface area contributed by atoms with Gasteiger partial charge in [0, 0.05) is 0 Å². The molecule has 0 aromatic heterocycles. The van der Waals surface area contributed by atoms with Gasteiger partial charge < -0.3 is 0 Å². The van der Waals surface area contributed by atoms with Crippen LogP contribution in [-0.4, -0.2) is 31.5 Å². The van der Waals surface area contributed by atoms with E-state index in [1.54, 1.807) is 10.5 Å². The molecule has 74 valence electrons. The van der Waals surface area contributed by atoms with E-state index >= 15 is 0 Å². The molecule has 0 aliphatic carbocycles. The summed E-state index contributed by atoms with van der Waals surface area (Å²) in [7, 11) is 0. The second-order valence-electron chi connectivity index (χ2n) is 3.45. The van der Waals surface area contributed by atoms with Crippen LogP contribution in [0.5, 0.6) is 0 Å². The van der Waals surface area contributed by atoms with Gasteiger partial charge in [-0.05, 0) is 0 Å². The van der Waals surface area contributed by atoms with Crippen LogP contribution in [0.1, 0.15) is 40.5 Å². The summed E-state index contributed by atoms with van der Waals surface area (Å²) < 4.78 is 2.78. The Hall–Kier alpha value is 0.503. The van der Waals surface area contributed by atoms with Crippen molar-refractivity contribution in [3.63, 3.8) is 0 Å². The molecule has 12 heavy (non-hydrogen) atoms. The Kier molecular flexibility index (Phi) is 8.46. The first-order valence-corrected chi connectivity index (χ1v) is 10.0. The Balaban J connectivity index is 3.86. The minimum absolute atomic E-state index is 0.991. The Bertz CT molecular complexity index is 85.8. The fourth-order valence-electron chi connectivity index (χ4n) is 1.92. The molecule has 0 fully saturated rings. The third-order valence-corrected chi connectivity index (χ3v) is 11.5. The van der Waals surface area contributed by atoms with Crippen molar-refractivity contribution in [3.05, 3.63) is 0 Å². The topological polar surface area (TPSA) is 3.24 Å². The van der Waals surface area contributed by atoms with Gasteiger partial charge in [-0.2, -0.15) is 0 Å². The van der Waals surface area contributed by atoms with Gasteiger partial charge in [0.1, 0.15) is 0 Å². The van der Waals surface area contributed by atoms with Crippen LogP contribution in [0.15, 0.2) is 0 Å². The summed E-state index contributed by atoms with van der Waals surface area (Å²) in [4.78, 5) is 0. The molecular weight excluding hydrogens is 207 g/mol. The van der Waals surface area contributed by atoms with E-state index in [0.717, 1.165) is 0 Å². The second-order valence-corrected chi connectivity index (χ2v) is 10.2. The van der Waals surface area contributed by atoms with Gasteiger partial charge in [0.25, 0.3) is 0 Å². The first-order valence-electron chi connectivity index (χ1n) is 5.54. The van der Waals surface area contributed by atoms with Gasteiger partial charge in [0.05, 0.1) is 0 Å². The normalized spacial score (nSPS) is 11.5. The zero-order chi connectivity index (χ0) is 9.40. The molecule has 0 amide bonds. The van der Waals surface area contributed by atoms with E-state index in [0.29, 0.717) is 0 Å². The minimum atomic E-state index is -0.991. The van der Waals surface area contributed by atoms with Crippen LogP contribution >= 0.6 is 0 Å². The predicted molar refractivity (Wildman–Crippen MR) is 60.3 cm³/mol. The van der Waals surface area contributed by atoms with Crippen LogP contribution < -0.4 is 0 Å². The molecule has 0 aromatic rings. The van der Waals surface area contributed by atoms with Gasteiger partial charge in [-0.3, -0.25) is 0 Å². The van der Waals surface area contributed by atoms with Crippen molar-refractivity contribution >= 4 is 14.6 Å². The molecule has 0 rings (SSSR count). The molecule has 2 heteroatoms. The molecule has 0 radical (unpaired) electrons. The van der Waals surface area contributed by atoms with Crippen LogP contribution in [0.25, 0.3) is 0 Å². The van der Waals surface area contributed by atoms with Crippen molar-refractivity contribution in [3.8, 4) is 0 Å². The van der Waals surface area contributed by atoms with Crippen LogP contribution in [0, 0.1) is 0 Å². The van der Waals surface area contributed by atoms with E-state index in [1.807, 2.05) is 0 Å². The van der Waals surface area contributed by atoms with Crippen molar-refractivity contribution in [2.45, 2.75) is 51.0 Å². The number of nitrogens with zero attached hydrogens (tertiary/aromatic N) is 1. The van der Waals surface area contributed by atoms with Crippen LogP contribution in [0.4, 0.5) is 0 Å². The van der Waals surface area contributed by atoms with E-state index < -0.39 is 14.6 Å². The van der Waals surface area contributed by atoms with Crippen LogP contribution in [-0.2, 0) is 0 Å². The monoisotopic (exact) mass is 233 g/mol. The zero-order valence-electron chi connectivity index (χ0n) is 9.27. The first kappa shape index (κ1) is 12.5. The maximum absolute atomic E-state index is 2.78. The van der Waals surface area contributed by atoms with Gasteiger partial charge in [0.15, 0.2) is 0 Å². The molecule has 1 nitrogen and oxygen atoms in total. The fourth-order valence-corrected chi connectivity index (χ4v) is 9.02.